The van der Waals surface area contributed by atoms with Crippen LogP contribution in [0.1, 0.15) is 19.8 Å². The van der Waals surface area contributed by atoms with Gasteiger partial charge in [0.2, 0.25) is 0 Å². The maximum Gasteiger partial charge on any atom is 0.0931 e. The molecule has 0 aliphatic carbocycles. The molecule has 100 valence electrons. The smallest absolute Gasteiger partial charge is 0.0931 e. The molecule has 0 aromatic rings. The molecular formula is C13H26N2O2. The zero-order valence-corrected chi connectivity index (χ0v) is 11.4. The number of methoxy groups -OCH3 is 2. The molecule has 0 spiro atoms. The Hall–Kier alpha value is -0.160. The third-order valence-corrected chi connectivity index (χ3v) is 4.19. The van der Waals surface area contributed by atoms with Crippen molar-refractivity contribution in [2.45, 2.75) is 38.0 Å². The Morgan fingerprint density at radius 2 is 2.12 bits per heavy atom. The van der Waals surface area contributed by atoms with Crippen molar-refractivity contribution < 1.29 is 9.47 Å². The molecule has 0 amide bonds. The maximum atomic E-state index is 5.47. The first kappa shape index (κ1) is 13.3. The molecule has 0 radical (unpaired) electrons. The van der Waals surface area contributed by atoms with E-state index >= 15 is 0 Å². The van der Waals surface area contributed by atoms with Crippen molar-refractivity contribution in [1.29, 1.82) is 0 Å². The average molecular weight is 242 g/mol. The van der Waals surface area contributed by atoms with E-state index in [2.05, 4.69) is 16.7 Å². The topological polar surface area (TPSA) is 24.9 Å². The molecule has 3 unspecified atom stereocenters. The van der Waals surface area contributed by atoms with Gasteiger partial charge >= 0.3 is 0 Å². The van der Waals surface area contributed by atoms with E-state index in [1.54, 1.807) is 14.2 Å². The van der Waals surface area contributed by atoms with Crippen LogP contribution in [-0.4, -0.2) is 75.0 Å². The Bertz CT molecular complexity index is 237. The van der Waals surface area contributed by atoms with Gasteiger partial charge in [0.15, 0.2) is 0 Å². The molecule has 17 heavy (non-hydrogen) atoms. The van der Waals surface area contributed by atoms with Crippen LogP contribution in [-0.2, 0) is 9.47 Å². The summed E-state index contributed by atoms with van der Waals surface area (Å²) in [4.78, 5) is 5.22. The van der Waals surface area contributed by atoms with E-state index < -0.39 is 0 Å². The predicted molar refractivity (Wildman–Crippen MR) is 68.3 cm³/mol. The van der Waals surface area contributed by atoms with Gasteiger partial charge in [-0.15, -0.1) is 0 Å². The van der Waals surface area contributed by atoms with E-state index in [9.17, 15) is 0 Å². The summed E-state index contributed by atoms with van der Waals surface area (Å²) in [6.07, 6.45) is 2.94. The molecule has 3 atom stereocenters. The SMILES string of the molecule is COCC(CN1CC2CCCN2CC1C)OC. The van der Waals surface area contributed by atoms with Gasteiger partial charge in [-0.3, -0.25) is 9.80 Å². The number of piperazine rings is 1. The quantitative estimate of drug-likeness (QED) is 0.712. The van der Waals surface area contributed by atoms with Crippen molar-refractivity contribution in [1.82, 2.24) is 9.80 Å². The van der Waals surface area contributed by atoms with Gasteiger partial charge in [-0.1, -0.05) is 0 Å². The normalized spacial score (nSPS) is 32.6. The van der Waals surface area contributed by atoms with Crippen molar-refractivity contribution in [2.75, 3.05) is 47.0 Å². The third kappa shape index (κ3) is 3.19. The van der Waals surface area contributed by atoms with E-state index in [1.165, 1.54) is 32.5 Å². The number of nitrogens with zero attached hydrogens (tertiary/aromatic N) is 2. The summed E-state index contributed by atoms with van der Waals surface area (Å²) in [7, 11) is 3.52. The molecular weight excluding hydrogens is 216 g/mol. The number of fused-ring (bicyclic) bond motifs is 1. The fraction of sp³-hybridized carbons (Fsp3) is 1.00. The number of rotatable bonds is 5. The van der Waals surface area contributed by atoms with Crippen molar-refractivity contribution in [3.63, 3.8) is 0 Å². The summed E-state index contributed by atoms with van der Waals surface area (Å²) >= 11 is 0. The summed E-state index contributed by atoms with van der Waals surface area (Å²) in [6.45, 7) is 7.73. The van der Waals surface area contributed by atoms with E-state index in [0.717, 1.165) is 12.6 Å². The Morgan fingerprint density at radius 3 is 2.82 bits per heavy atom. The highest BCUT2D eigenvalue weighted by Crippen LogP contribution is 2.24. The summed E-state index contributed by atoms with van der Waals surface area (Å²) in [5, 5.41) is 0. The third-order valence-electron chi connectivity index (χ3n) is 4.19. The molecule has 0 bridgehead atoms. The number of hydrogen-bond donors (Lipinski definition) is 0. The average Bonchev–Trinajstić information content (AvgIpc) is 2.75. The van der Waals surface area contributed by atoms with Crippen LogP contribution in [0.2, 0.25) is 0 Å². The molecule has 2 saturated heterocycles. The zero-order valence-electron chi connectivity index (χ0n) is 11.4. The van der Waals surface area contributed by atoms with Crippen LogP contribution in [0.4, 0.5) is 0 Å². The Kier molecular flexibility index (Phi) is 4.79. The molecule has 4 heteroatoms. The molecule has 4 nitrogen and oxygen atoms in total. The van der Waals surface area contributed by atoms with Crippen LogP contribution in [0.5, 0.6) is 0 Å². The Morgan fingerprint density at radius 1 is 1.29 bits per heavy atom. The summed E-state index contributed by atoms with van der Waals surface area (Å²) in [5.41, 5.74) is 0. The van der Waals surface area contributed by atoms with Gasteiger partial charge in [0, 0.05) is 45.9 Å². The van der Waals surface area contributed by atoms with Crippen molar-refractivity contribution in [3.05, 3.63) is 0 Å². The molecule has 0 N–H and O–H groups in total. The molecule has 2 aliphatic heterocycles. The second kappa shape index (κ2) is 6.14. The highest BCUT2D eigenvalue weighted by molar-refractivity contribution is 4.91. The van der Waals surface area contributed by atoms with Gasteiger partial charge < -0.3 is 9.47 Å². The van der Waals surface area contributed by atoms with E-state index in [-0.39, 0.29) is 6.10 Å². The lowest BCUT2D eigenvalue weighted by atomic mass is 10.1. The monoisotopic (exact) mass is 242 g/mol. The first-order valence-electron chi connectivity index (χ1n) is 6.74. The molecule has 2 rings (SSSR count). The van der Waals surface area contributed by atoms with Crippen molar-refractivity contribution in [3.8, 4) is 0 Å². The number of ether oxygens (including phenoxy) is 2. The minimum absolute atomic E-state index is 0.204. The lowest BCUT2D eigenvalue weighted by Crippen LogP contribution is -2.56. The largest absolute Gasteiger partial charge is 0.382 e. The van der Waals surface area contributed by atoms with Crippen LogP contribution in [0.3, 0.4) is 0 Å². The standard InChI is InChI=1S/C13H26N2O2/c1-11-7-14-6-4-5-12(14)8-15(11)9-13(17-3)10-16-2/h11-13H,4-10H2,1-3H3. The lowest BCUT2D eigenvalue weighted by Gasteiger charge is -2.43. The number of hydrogen-bond acceptors (Lipinski definition) is 4. The Labute approximate surface area is 105 Å². The first-order chi connectivity index (χ1) is 8.24. The molecule has 2 fully saturated rings. The fourth-order valence-corrected chi connectivity index (χ4v) is 3.14. The van der Waals surface area contributed by atoms with Crippen LogP contribution >= 0.6 is 0 Å². The summed E-state index contributed by atoms with van der Waals surface area (Å²) < 4.78 is 10.7. The van der Waals surface area contributed by atoms with Crippen LogP contribution in [0, 0.1) is 0 Å². The van der Waals surface area contributed by atoms with Gasteiger partial charge in [0.1, 0.15) is 0 Å². The van der Waals surface area contributed by atoms with E-state index in [0.29, 0.717) is 12.6 Å². The van der Waals surface area contributed by atoms with Gasteiger partial charge in [-0.2, -0.15) is 0 Å². The van der Waals surface area contributed by atoms with E-state index in [4.69, 9.17) is 9.47 Å². The molecule has 2 aliphatic rings. The highest BCUT2D eigenvalue weighted by atomic mass is 16.5. The second-order valence-corrected chi connectivity index (χ2v) is 5.41. The molecule has 0 aromatic heterocycles. The molecule has 2 heterocycles. The van der Waals surface area contributed by atoms with Gasteiger partial charge in [0.25, 0.3) is 0 Å². The highest BCUT2D eigenvalue weighted by Gasteiger charge is 2.34. The molecule has 0 aromatic carbocycles. The van der Waals surface area contributed by atoms with Crippen LogP contribution < -0.4 is 0 Å². The van der Waals surface area contributed by atoms with Crippen molar-refractivity contribution >= 4 is 0 Å². The minimum atomic E-state index is 0.204. The van der Waals surface area contributed by atoms with E-state index in [1.807, 2.05) is 0 Å². The first-order valence-corrected chi connectivity index (χ1v) is 6.74. The molecule has 0 saturated carbocycles. The van der Waals surface area contributed by atoms with Gasteiger partial charge in [0.05, 0.1) is 12.7 Å². The van der Waals surface area contributed by atoms with Crippen molar-refractivity contribution in [2.24, 2.45) is 0 Å². The zero-order chi connectivity index (χ0) is 12.3. The summed E-state index contributed by atoms with van der Waals surface area (Å²) in [6, 6.07) is 1.42. The van der Waals surface area contributed by atoms with Crippen LogP contribution in [0.15, 0.2) is 0 Å². The predicted octanol–water partition coefficient (Wildman–Crippen LogP) is 0.816. The second-order valence-electron chi connectivity index (χ2n) is 5.41. The fourth-order valence-electron chi connectivity index (χ4n) is 3.14. The lowest BCUT2D eigenvalue weighted by molar-refractivity contribution is -0.0232. The minimum Gasteiger partial charge on any atom is -0.382 e. The Balaban J connectivity index is 1.87. The van der Waals surface area contributed by atoms with Gasteiger partial charge in [-0.05, 0) is 26.3 Å². The van der Waals surface area contributed by atoms with Gasteiger partial charge in [-0.25, -0.2) is 0 Å². The maximum absolute atomic E-state index is 5.47. The summed E-state index contributed by atoms with van der Waals surface area (Å²) in [5.74, 6) is 0. The van der Waals surface area contributed by atoms with Crippen LogP contribution in [0.25, 0.3) is 0 Å².